The molecule has 0 bridgehead atoms. The summed E-state index contributed by atoms with van der Waals surface area (Å²) in [5.74, 6) is 1.61. The number of carbonyl (C=O) groups excluding carboxylic acids is 1. The van der Waals surface area contributed by atoms with Gasteiger partial charge in [-0.1, -0.05) is 12.1 Å². The fraction of sp³-hybridized carbons (Fsp3) is 0.500. The summed E-state index contributed by atoms with van der Waals surface area (Å²) in [5, 5.41) is 0. The SMILES string of the molecule is Cc1cccc(OCC2CCCN(C(=O)CCCn3ccnc3)C2)c1. The number of aryl methyl sites for hydroxylation is 2. The van der Waals surface area contributed by atoms with Crippen molar-refractivity contribution in [3.63, 3.8) is 0 Å². The predicted octanol–water partition coefficient (Wildman–Crippen LogP) is 3.29. The third kappa shape index (κ3) is 5.34. The van der Waals surface area contributed by atoms with E-state index in [1.165, 1.54) is 5.56 Å². The Labute approximate surface area is 149 Å². The molecule has 1 aromatic heterocycles. The zero-order valence-corrected chi connectivity index (χ0v) is 14.9. The first-order valence-electron chi connectivity index (χ1n) is 9.14. The Kier molecular flexibility index (Phi) is 6.09. The average Bonchev–Trinajstić information content (AvgIpc) is 3.14. The minimum atomic E-state index is 0.264. The summed E-state index contributed by atoms with van der Waals surface area (Å²) in [6.07, 6.45) is 9.15. The lowest BCUT2D eigenvalue weighted by atomic mass is 9.98. The van der Waals surface area contributed by atoms with Gasteiger partial charge in [-0.3, -0.25) is 4.79 Å². The number of rotatable bonds is 7. The van der Waals surface area contributed by atoms with Crippen molar-refractivity contribution in [2.24, 2.45) is 5.92 Å². The molecule has 1 fully saturated rings. The molecule has 0 N–H and O–H groups in total. The molecule has 1 amide bonds. The molecule has 1 aliphatic heterocycles. The summed E-state index contributed by atoms with van der Waals surface area (Å²) in [6.45, 7) is 5.29. The van der Waals surface area contributed by atoms with Crippen molar-refractivity contribution in [2.45, 2.75) is 39.2 Å². The highest BCUT2D eigenvalue weighted by Crippen LogP contribution is 2.20. The number of piperidine rings is 1. The van der Waals surface area contributed by atoms with Crippen LogP contribution in [0.1, 0.15) is 31.2 Å². The van der Waals surface area contributed by atoms with Gasteiger partial charge in [-0.05, 0) is 43.9 Å². The molecule has 0 radical (unpaired) electrons. The molecule has 134 valence electrons. The topological polar surface area (TPSA) is 47.4 Å². The minimum absolute atomic E-state index is 0.264. The second kappa shape index (κ2) is 8.70. The highest BCUT2D eigenvalue weighted by Gasteiger charge is 2.23. The summed E-state index contributed by atoms with van der Waals surface area (Å²) in [6, 6.07) is 8.13. The van der Waals surface area contributed by atoms with Crippen LogP contribution in [0.2, 0.25) is 0 Å². The van der Waals surface area contributed by atoms with Gasteiger partial charge in [0, 0.05) is 44.4 Å². The molecule has 0 spiro atoms. The van der Waals surface area contributed by atoms with E-state index in [1.54, 1.807) is 12.5 Å². The second-order valence-electron chi connectivity index (χ2n) is 6.88. The second-order valence-corrected chi connectivity index (χ2v) is 6.88. The van der Waals surface area contributed by atoms with Gasteiger partial charge >= 0.3 is 0 Å². The molecule has 25 heavy (non-hydrogen) atoms. The molecule has 0 saturated carbocycles. The third-order valence-corrected chi connectivity index (χ3v) is 4.71. The zero-order valence-electron chi connectivity index (χ0n) is 14.9. The lowest BCUT2D eigenvalue weighted by Gasteiger charge is -2.32. The number of ether oxygens (including phenoxy) is 1. The van der Waals surface area contributed by atoms with Crippen LogP contribution in [0, 0.1) is 12.8 Å². The fourth-order valence-corrected chi connectivity index (χ4v) is 3.34. The Hall–Kier alpha value is -2.30. The van der Waals surface area contributed by atoms with E-state index in [1.807, 2.05) is 27.8 Å². The van der Waals surface area contributed by atoms with Crippen molar-refractivity contribution < 1.29 is 9.53 Å². The maximum atomic E-state index is 12.5. The van der Waals surface area contributed by atoms with Crippen LogP contribution in [-0.4, -0.2) is 40.1 Å². The number of carbonyl (C=O) groups is 1. The molecule has 1 aliphatic rings. The van der Waals surface area contributed by atoms with E-state index in [4.69, 9.17) is 4.74 Å². The molecule has 0 aliphatic carbocycles. The molecule has 5 heteroatoms. The Balaban J connectivity index is 1.41. The van der Waals surface area contributed by atoms with E-state index in [9.17, 15) is 4.79 Å². The summed E-state index contributed by atoms with van der Waals surface area (Å²) in [4.78, 5) is 18.5. The van der Waals surface area contributed by atoms with Crippen LogP contribution in [-0.2, 0) is 11.3 Å². The molecule has 1 atom stereocenters. The zero-order chi connectivity index (χ0) is 17.5. The van der Waals surface area contributed by atoms with Crippen LogP contribution < -0.4 is 4.74 Å². The first-order chi connectivity index (χ1) is 12.2. The van der Waals surface area contributed by atoms with Crippen molar-refractivity contribution in [1.82, 2.24) is 14.5 Å². The molecular weight excluding hydrogens is 314 g/mol. The molecule has 2 aromatic rings. The monoisotopic (exact) mass is 341 g/mol. The summed E-state index contributed by atoms with van der Waals surface area (Å²) >= 11 is 0. The molecular formula is C20H27N3O2. The maximum Gasteiger partial charge on any atom is 0.222 e. The van der Waals surface area contributed by atoms with Crippen LogP contribution in [0.3, 0.4) is 0 Å². The van der Waals surface area contributed by atoms with Gasteiger partial charge < -0.3 is 14.2 Å². The quantitative estimate of drug-likeness (QED) is 0.776. The number of likely N-dealkylation sites (tertiary alicyclic amines) is 1. The maximum absolute atomic E-state index is 12.5. The first-order valence-corrected chi connectivity index (χ1v) is 9.14. The van der Waals surface area contributed by atoms with Gasteiger partial charge in [-0.15, -0.1) is 0 Å². The molecule has 1 saturated heterocycles. The number of aromatic nitrogens is 2. The number of hydrogen-bond acceptors (Lipinski definition) is 3. The van der Waals surface area contributed by atoms with Crippen LogP contribution in [0.5, 0.6) is 5.75 Å². The number of imidazole rings is 1. The predicted molar refractivity (Wildman–Crippen MR) is 97.4 cm³/mol. The lowest BCUT2D eigenvalue weighted by Crippen LogP contribution is -2.41. The summed E-state index contributed by atoms with van der Waals surface area (Å²) in [5.41, 5.74) is 1.20. The molecule has 2 heterocycles. The normalized spacial score (nSPS) is 17.5. The van der Waals surface area contributed by atoms with Crippen molar-refractivity contribution in [1.29, 1.82) is 0 Å². The minimum Gasteiger partial charge on any atom is -0.493 e. The number of amides is 1. The van der Waals surface area contributed by atoms with Crippen LogP contribution >= 0.6 is 0 Å². The fourth-order valence-electron chi connectivity index (χ4n) is 3.34. The highest BCUT2D eigenvalue weighted by molar-refractivity contribution is 5.76. The molecule has 1 unspecified atom stereocenters. The molecule has 5 nitrogen and oxygen atoms in total. The Morgan fingerprint density at radius 2 is 2.32 bits per heavy atom. The number of benzene rings is 1. The van der Waals surface area contributed by atoms with Gasteiger partial charge in [0.25, 0.3) is 0 Å². The smallest absolute Gasteiger partial charge is 0.222 e. The van der Waals surface area contributed by atoms with E-state index in [0.717, 1.165) is 44.6 Å². The van der Waals surface area contributed by atoms with Crippen molar-refractivity contribution in [3.05, 3.63) is 48.5 Å². The van der Waals surface area contributed by atoms with E-state index >= 15 is 0 Å². The lowest BCUT2D eigenvalue weighted by molar-refractivity contribution is -0.133. The van der Waals surface area contributed by atoms with Crippen LogP contribution in [0.4, 0.5) is 0 Å². The molecule has 1 aromatic carbocycles. The van der Waals surface area contributed by atoms with E-state index in [-0.39, 0.29) is 5.91 Å². The average molecular weight is 341 g/mol. The van der Waals surface area contributed by atoms with E-state index in [0.29, 0.717) is 18.9 Å². The van der Waals surface area contributed by atoms with Gasteiger partial charge in [0.1, 0.15) is 5.75 Å². The van der Waals surface area contributed by atoms with E-state index in [2.05, 4.69) is 24.0 Å². The van der Waals surface area contributed by atoms with Gasteiger partial charge in [0.2, 0.25) is 5.91 Å². The largest absolute Gasteiger partial charge is 0.493 e. The Morgan fingerprint density at radius 3 is 3.12 bits per heavy atom. The highest BCUT2D eigenvalue weighted by atomic mass is 16.5. The van der Waals surface area contributed by atoms with Crippen molar-refractivity contribution in [2.75, 3.05) is 19.7 Å². The van der Waals surface area contributed by atoms with Gasteiger partial charge in [0.05, 0.1) is 12.9 Å². The standard InChI is InChI=1S/C20H27N3O2/c1-17-5-2-7-19(13-17)25-15-18-6-3-11-23(14-18)20(24)8-4-10-22-12-9-21-16-22/h2,5,7,9,12-13,16,18H,3-4,6,8,10-11,14-15H2,1H3. The third-order valence-electron chi connectivity index (χ3n) is 4.71. The number of hydrogen-bond donors (Lipinski definition) is 0. The molecule has 3 rings (SSSR count). The van der Waals surface area contributed by atoms with Crippen molar-refractivity contribution in [3.8, 4) is 5.75 Å². The van der Waals surface area contributed by atoms with Gasteiger partial charge in [-0.2, -0.15) is 0 Å². The summed E-state index contributed by atoms with van der Waals surface area (Å²) in [7, 11) is 0. The van der Waals surface area contributed by atoms with Gasteiger partial charge in [0.15, 0.2) is 0 Å². The van der Waals surface area contributed by atoms with Crippen molar-refractivity contribution >= 4 is 5.91 Å². The number of nitrogens with zero attached hydrogens (tertiary/aromatic N) is 3. The van der Waals surface area contributed by atoms with Crippen LogP contribution in [0.15, 0.2) is 43.0 Å². The van der Waals surface area contributed by atoms with E-state index < -0.39 is 0 Å². The first kappa shape index (κ1) is 17.5. The Bertz CT molecular complexity index is 669. The Morgan fingerprint density at radius 1 is 1.40 bits per heavy atom. The van der Waals surface area contributed by atoms with Gasteiger partial charge in [-0.25, -0.2) is 4.98 Å². The summed E-state index contributed by atoms with van der Waals surface area (Å²) < 4.78 is 7.95. The van der Waals surface area contributed by atoms with Crippen LogP contribution in [0.25, 0.3) is 0 Å².